The van der Waals surface area contributed by atoms with E-state index in [1.165, 1.54) is 27.7 Å². The maximum absolute atomic E-state index is 3.60. The zero-order valence-electron chi connectivity index (χ0n) is 13.0. The minimum atomic E-state index is 0.451. The van der Waals surface area contributed by atoms with Crippen LogP contribution >= 0.6 is 0 Å². The van der Waals surface area contributed by atoms with Crippen molar-refractivity contribution in [3.8, 4) is 0 Å². The molecular weight excluding hydrogens is 268 g/mol. The highest BCUT2D eigenvalue weighted by Gasteiger charge is 2.23. The van der Waals surface area contributed by atoms with Gasteiger partial charge in [-0.1, -0.05) is 48.5 Å². The Morgan fingerprint density at radius 2 is 1.82 bits per heavy atom. The second kappa shape index (κ2) is 5.62. The number of rotatable bonds is 3. The van der Waals surface area contributed by atoms with Gasteiger partial charge >= 0.3 is 0 Å². The molecule has 22 heavy (non-hydrogen) atoms. The van der Waals surface area contributed by atoms with Crippen LogP contribution in [0.25, 0.3) is 10.9 Å². The molecule has 1 N–H and O–H groups in total. The first-order chi connectivity index (χ1) is 10.8. The zero-order chi connectivity index (χ0) is 14.9. The van der Waals surface area contributed by atoms with E-state index in [4.69, 9.17) is 0 Å². The predicted octanol–water partition coefficient (Wildman–Crippen LogP) is 4.09. The highest BCUT2D eigenvalue weighted by molar-refractivity contribution is 5.86. The number of aryl methyl sites for hydroxylation is 2. The molecule has 0 aliphatic carbocycles. The highest BCUT2D eigenvalue weighted by atomic mass is 15.0. The molecule has 0 spiro atoms. The average Bonchev–Trinajstić information content (AvgIpc) is 2.89. The van der Waals surface area contributed by atoms with Gasteiger partial charge in [-0.15, -0.1) is 0 Å². The first kappa shape index (κ1) is 13.6. The van der Waals surface area contributed by atoms with E-state index in [2.05, 4.69) is 71.4 Å². The topological polar surface area (TPSA) is 17.0 Å². The number of benzene rings is 2. The molecule has 112 valence electrons. The van der Waals surface area contributed by atoms with Gasteiger partial charge in [0.25, 0.3) is 0 Å². The minimum absolute atomic E-state index is 0.451. The van der Waals surface area contributed by atoms with Crippen molar-refractivity contribution in [1.29, 1.82) is 0 Å². The molecule has 1 unspecified atom stereocenters. The lowest BCUT2D eigenvalue weighted by molar-refractivity contribution is 0.521. The van der Waals surface area contributed by atoms with Crippen LogP contribution in [-0.4, -0.2) is 11.1 Å². The SMILES string of the molecule is CC1NCCc2c1c1ccccc1n2CCc1ccccc1. The Hall–Kier alpha value is -2.06. The maximum Gasteiger partial charge on any atom is 0.0486 e. The zero-order valence-corrected chi connectivity index (χ0v) is 13.0. The van der Waals surface area contributed by atoms with Crippen molar-refractivity contribution in [2.24, 2.45) is 0 Å². The predicted molar refractivity (Wildman–Crippen MR) is 92.2 cm³/mol. The van der Waals surface area contributed by atoms with Gasteiger partial charge in [0.1, 0.15) is 0 Å². The Morgan fingerprint density at radius 3 is 2.68 bits per heavy atom. The summed E-state index contributed by atoms with van der Waals surface area (Å²) in [6, 6.07) is 20.1. The van der Waals surface area contributed by atoms with E-state index in [-0.39, 0.29) is 0 Å². The normalized spacial score (nSPS) is 17.6. The molecule has 0 bridgehead atoms. The molecule has 2 heteroatoms. The first-order valence-electron chi connectivity index (χ1n) is 8.22. The molecule has 0 radical (unpaired) electrons. The first-order valence-corrected chi connectivity index (χ1v) is 8.22. The Labute approximate surface area is 131 Å². The van der Waals surface area contributed by atoms with Gasteiger partial charge in [0.05, 0.1) is 0 Å². The Bertz CT molecular complexity index is 786. The van der Waals surface area contributed by atoms with E-state index in [0.717, 1.165) is 25.9 Å². The monoisotopic (exact) mass is 290 g/mol. The quantitative estimate of drug-likeness (QED) is 0.769. The summed E-state index contributed by atoms with van der Waals surface area (Å²) in [5.41, 5.74) is 5.84. The van der Waals surface area contributed by atoms with Crippen molar-refractivity contribution in [2.45, 2.75) is 32.4 Å². The van der Waals surface area contributed by atoms with Gasteiger partial charge in [0.15, 0.2) is 0 Å². The van der Waals surface area contributed by atoms with Gasteiger partial charge in [-0.25, -0.2) is 0 Å². The molecule has 1 aliphatic rings. The average molecular weight is 290 g/mol. The number of hydrogen-bond acceptors (Lipinski definition) is 1. The van der Waals surface area contributed by atoms with Gasteiger partial charge in [-0.2, -0.15) is 0 Å². The third kappa shape index (κ3) is 2.24. The molecule has 0 saturated heterocycles. The van der Waals surface area contributed by atoms with E-state index in [1.54, 1.807) is 0 Å². The lowest BCUT2D eigenvalue weighted by Gasteiger charge is -2.23. The number of fused-ring (bicyclic) bond motifs is 3. The standard InChI is InChI=1S/C20H22N2/c1-15-20-17-9-5-6-10-18(17)22(19(20)11-13-21-15)14-12-16-7-3-2-4-8-16/h2-10,15,21H,11-14H2,1H3. The van der Waals surface area contributed by atoms with Crippen LogP contribution in [0, 0.1) is 0 Å². The Balaban J connectivity index is 1.77. The molecule has 2 nitrogen and oxygen atoms in total. The van der Waals surface area contributed by atoms with Crippen molar-refractivity contribution in [1.82, 2.24) is 9.88 Å². The molecule has 0 saturated carbocycles. The van der Waals surface area contributed by atoms with Crippen LogP contribution in [0.1, 0.15) is 29.8 Å². The summed E-state index contributed by atoms with van der Waals surface area (Å²) in [7, 11) is 0. The van der Waals surface area contributed by atoms with Crippen molar-refractivity contribution < 1.29 is 0 Å². The van der Waals surface area contributed by atoms with Crippen LogP contribution in [0.4, 0.5) is 0 Å². The molecule has 0 amide bonds. The number of nitrogens with zero attached hydrogens (tertiary/aromatic N) is 1. The van der Waals surface area contributed by atoms with E-state index >= 15 is 0 Å². The summed E-state index contributed by atoms with van der Waals surface area (Å²) in [6.45, 7) is 4.42. The third-order valence-corrected chi connectivity index (χ3v) is 4.83. The lowest BCUT2D eigenvalue weighted by atomic mass is 9.99. The summed E-state index contributed by atoms with van der Waals surface area (Å²) in [6.07, 6.45) is 2.22. The molecule has 1 aliphatic heterocycles. The molecule has 2 heterocycles. The van der Waals surface area contributed by atoms with Crippen LogP contribution in [0.3, 0.4) is 0 Å². The number of aromatic nitrogens is 1. The number of nitrogens with one attached hydrogen (secondary N) is 1. The Morgan fingerprint density at radius 1 is 1.05 bits per heavy atom. The van der Waals surface area contributed by atoms with Gasteiger partial charge in [-0.3, -0.25) is 0 Å². The van der Waals surface area contributed by atoms with Gasteiger partial charge in [0, 0.05) is 42.1 Å². The number of hydrogen-bond donors (Lipinski definition) is 1. The molecule has 3 aromatic rings. The van der Waals surface area contributed by atoms with E-state index < -0.39 is 0 Å². The Kier molecular flexibility index (Phi) is 3.47. The lowest BCUT2D eigenvalue weighted by Crippen LogP contribution is -2.28. The summed E-state index contributed by atoms with van der Waals surface area (Å²) in [4.78, 5) is 0. The van der Waals surface area contributed by atoms with Gasteiger partial charge in [-0.05, 0) is 30.5 Å². The van der Waals surface area contributed by atoms with E-state index in [0.29, 0.717) is 6.04 Å². The van der Waals surface area contributed by atoms with Gasteiger partial charge < -0.3 is 9.88 Å². The van der Waals surface area contributed by atoms with E-state index in [9.17, 15) is 0 Å². The molecular formula is C20H22N2. The summed E-state index contributed by atoms with van der Waals surface area (Å²) < 4.78 is 2.55. The smallest absolute Gasteiger partial charge is 0.0486 e. The summed E-state index contributed by atoms with van der Waals surface area (Å²) in [5.74, 6) is 0. The fourth-order valence-electron chi connectivity index (χ4n) is 3.79. The fourth-order valence-corrected chi connectivity index (χ4v) is 3.79. The van der Waals surface area contributed by atoms with Crippen LogP contribution < -0.4 is 5.32 Å². The van der Waals surface area contributed by atoms with Crippen LogP contribution in [0.2, 0.25) is 0 Å². The van der Waals surface area contributed by atoms with Crippen molar-refractivity contribution in [2.75, 3.05) is 6.54 Å². The minimum Gasteiger partial charge on any atom is -0.344 e. The highest BCUT2D eigenvalue weighted by Crippen LogP contribution is 2.33. The molecule has 0 fully saturated rings. The second-order valence-corrected chi connectivity index (χ2v) is 6.19. The fraction of sp³-hybridized carbons (Fsp3) is 0.300. The molecule has 4 rings (SSSR count). The van der Waals surface area contributed by atoms with Crippen LogP contribution in [-0.2, 0) is 19.4 Å². The molecule has 1 atom stereocenters. The van der Waals surface area contributed by atoms with Crippen LogP contribution in [0.15, 0.2) is 54.6 Å². The largest absolute Gasteiger partial charge is 0.344 e. The molecule has 1 aromatic heterocycles. The van der Waals surface area contributed by atoms with E-state index in [1.807, 2.05) is 0 Å². The third-order valence-electron chi connectivity index (χ3n) is 4.83. The van der Waals surface area contributed by atoms with Crippen molar-refractivity contribution in [3.05, 3.63) is 71.4 Å². The van der Waals surface area contributed by atoms with Crippen LogP contribution in [0.5, 0.6) is 0 Å². The van der Waals surface area contributed by atoms with Gasteiger partial charge in [0.2, 0.25) is 0 Å². The summed E-state index contributed by atoms with van der Waals surface area (Å²) >= 11 is 0. The second-order valence-electron chi connectivity index (χ2n) is 6.19. The van der Waals surface area contributed by atoms with Crippen molar-refractivity contribution in [3.63, 3.8) is 0 Å². The van der Waals surface area contributed by atoms with Crippen molar-refractivity contribution >= 4 is 10.9 Å². The molecule has 2 aromatic carbocycles. The maximum atomic E-state index is 3.60. The number of para-hydroxylation sites is 1. The summed E-state index contributed by atoms with van der Waals surface area (Å²) in [5, 5.41) is 5.03.